The van der Waals surface area contributed by atoms with Gasteiger partial charge in [-0.15, -0.1) is 13.2 Å². The molecule has 1 N–H and O–H groups in total. The molecule has 2 rings (SSSR count). The third-order valence-electron chi connectivity index (χ3n) is 3.54. The van der Waals surface area contributed by atoms with E-state index in [1.54, 1.807) is 20.8 Å². The number of carbonyl (C=O) groups excluding carboxylic acids is 1. The summed E-state index contributed by atoms with van der Waals surface area (Å²) in [5.41, 5.74) is -0.681. The second-order valence-electron chi connectivity index (χ2n) is 7.17. The summed E-state index contributed by atoms with van der Waals surface area (Å²) in [6.45, 7) is 8.71. The van der Waals surface area contributed by atoms with Crippen molar-refractivity contribution in [2.45, 2.75) is 32.7 Å². The fraction of sp³-hybridized carbons (Fsp3) is 0.611. The number of alkyl halides is 3. The molecule has 158 valence electrons. The maximum atomic E-state index is 12.6. The third-order valence-corrected chi connectivity index (χ3v) is 3.54. The molecule has 28 heavy (non-hydrogen) atoms. The van der Waals surface area contributed by atoms with Crippen molar-refractivity contribution in [1.29, 1.82) is 0 Å². The van der Waals surface area contributed by atoms with Crippen LogP contribution in [-0.2, 0) is 9.47 Å². The van der Waals surface area contributed by atoms with E-state index < -0.39 is 23.8 Å². The summed E-state index contributed by atoms with van der Waals surface area (Å²) in [7, 11) is 0. The number of morpholine rings is 1. The Labute approximate surface area is 161 Å². The van der Waals surface area contributed by atoms with Gasteiger partial charge in [-0.2, -0.15) is 0 Å². The zero-order chi connectivity index (χ0) is 20.8. The molecule has 0 spiro atoms. The summed E-state index contributed by atoms with van der Waals surface area (Å²) >= 11 is 0. The monoisotopic (exact) mass is 406 g/mol. The lowest BCUT2D eigenvalue weighted by atomic mass is 10.2. The van der Waals surface area contributed by atoms with Crippen LogP contribution in [0.3, 0.4) is 0 Å². The number of amides is 1. The number of carbonyl (C=O) groups is 1. The lowest BCUT2D eigenvalue weighted by molar-refractivity contribution is -0.274. The third kappa shape index (κ3) is 8.66. The molecule has 0 aromatic heterocycles. The number of hydrogen-bond acceptors (Lipinski definition) is 6. The van der Waals surface area contributed by atoms with Crippen LogP contribution < -0.4 is 14.8 Å². The maximum Gasteiger partial charge on any atom is 0.573 e. The van der Waals surface area contributed by atoms with Crippen LogP contribution in [0.2, 0.25) is 0 Å². The number of anilines is 1. The number of rotatable bonds is 6. The van der Waals surface area contributed by atoms with E-state index in [4.69, 9.17) is 14.2 Å². The van der Waals surface area contributed by atoms with Gasteiger partial charge in [-0.25, -0.2) is 4.79 Å². The van der Waals surface area contributed by atoms with E-state index in [9.17, 15) is 18.0 Å². The first-order chi connectivity index (χ1) is 13.0. The first kappa shape index (κ1) is 22.1. The molecule has 1 heterocycles. The molecule has 1 fully saturated rings. The number of halogens is 3. The van der Waals surface area contributed by atoms with Crippen LogP contribution in [-0.4, -0.2) is 62.4 Å². The molecular formula is C18H25F3N2O5. The number of ether oxygens (including phenoxy) is 4. The Morgan fingerprint density at radius 3 is 2.39 bits per heavy atom. The highest BCUT2D eigenvalue weighted by Gasteiger charge is 2.31. The molecule has 0 bridgehead atoms. The Kier molecular flexibility index (Phi) is 7.36. The lowest BCUT2D eigenvalue weighted by Gasteiger charge is -2.26. The van der Waals surface area contributed by atoms with E-state index in [2.05, 4.69) is 15.0 Å². The van der Waals surface area contributed by atoms with Crippen LogP contribution >= 0.6 is 0 Å². The molecular weight excluding hydrogens is 381 g/mol. The SMILES string of the molecule is CC(C)(C)OC(=O)Nc1cc(OCCN2CCOCC2)cc(OC(F)(F)F)c1. The first-order valence-electron chi connectivity index (χ1n) is 8.84. The van der Waals surface area contributed by atoms with Crippen molar-refractivity contribution >= 4 is 11.8 Å². The highest BCUT2D eigenvalue weighted by molar-refractivity contribution is 5.85. The quantitative estimate of drug-likeness (QED) is 0.778. The van der Waals surface area contributed by atoms with Crippen LogP contribution in [0.1, 0.15) is 20.8 Å². The number of nitrogens with zero attached hydrogens (tertiary/aromatic N) is 1. The van der Waals surface area contributed by atoms with Gasteiger partial charge in [0.1, 0.15) is 23.7 Å². The average Bonchev–Trinajstić information content (AvgIpc) is 2.52. The van der Waals surface area contributed by atoms with E-state index in [1.807, 2.05) is 0 Å². The van der Waals surface area contributed by atoms with Gasteiger partial charge in [0.25, 0.3) is 0 Å². The standard InChI is InChI=1S/C18H25F3N2O5/c1-17(2,3)28-16(24)22-13-10-14(12-15(11-13)27-18(19,20)21)26-9-6-23-4-7-25-8-5-23/h10-12H,4-9H2,1-3H3,(H,22,24). The molecule has 0 radical (unpaired) electrons. The highest BCUT2D eigenvalue weighted by atomic mass is 19.4. The molecule has 0 atom stereocenters. The highest BCUT2D eigenvalue weighted by Crippen LogP contribution is 2.30. The second kappa shape index (κ2) is 9.33. The van der Waals surface area contributed by atoms with E-state index >= 15 is 0 Å². The molecule has 7 nitrogen and oxygen atoms in total. The minimum atomic E-state index is -4.87. The van der Waals surface area contributed by atoms with Crippen LogP contribution in [0, 0.1) is 0 Å². The van der Waals surface area contributed by atoms with Gasteiger partial charge in [0.05, 0.1) is 18.9 Å². The predicted octanol–water partition coefficient (Wildman–Crippen LogP) is 3.64. The zero-order valence-corrected chi connectivity index (χ0v) is 16.1. The molecule has 1 saturated heterocycles. The van der Waals surface area contributed by atoms with Crippen molar-refractivity contribution in [2.24, 2.45) is 0 Å². The second-order valence-corrected chi connectivity index (χ2v) is 7.17. The van der Waals surface area contributed by atoms with Crippen molar-refractivity contribution in [1.82, 2.24) is 4.90 Å². The van der Waals surface area contributed by atoms with E-state index in [0.717, 1.165) is 25.2 Å². The van der Waals surface area contributed by atoms with E-state index in [1.165, 1.54) is 6.07 Å². The van der Waals surface area contributed by atoms with Gasteiger partial charge in [-0.05, 0) is 20.8 Å². The average molecular weight is 406 g/mol. The number of nitrogens with one attached hydrogen (secondary N) is 1. The Hall–Kier alpha value is -2.20. The van der Waals surface area contributed by atoms with Crippen molar-refractivity contribution < 1.29 is 36.9 Å². The van der Waals surface area contributed by atoms with E-state index in [-0.39, 0.29) is 18.0 Å². The molecule has 1 aromatic rings. The lowest BCUT2D eigenvalue weighted by Crippen LogP contribution is -2.38. The van der Waals surface area contributed by atoms with Gasteiger partial charge in [-0.3, -0.25) is 10.2 Å². The van der Waals surface area contributed by atoms with E-state index in [0.29, 0.717) is 19.8 Å². The smallest absolute Gasteiger partial charge is 0.492 e. The minimum Gasteiger partial charge on any atom is -0.492 e. The minimum absolute atomic E-state index is 0.0670. The zero-order valence-electron chi connectivity index (χ0n) is 16.1. The van der Waals surface area contributed by atoms with Gasteiger partial charge in [-0.1, -0.05) is 0 Å². The molecule has 0 saturated carbocycles. The van der Waals surface area contributed by atoms with Crippen molar-refractivity contribution in [2.75, 3.05) is 44.8 Å². The van der Waals surface area contributed by atoms with Crippen molar-refractivity contribution in [3.8, 4) is 11.5 Å². The topological polar surface area (TPSA) is 69.3 Å². The van der Waals surface area contributed by atoms with Gasteiger partial charge < -0.3 is 18.9 Å². The Morgan fingerprint density at radius 1 is 1.14 bits per heavy atom. The fourth-order valence-electron chi connectivity index (χ4n) is 2.46. The Bertz CT molecular complexity index is 656. The summed E-state index contributed by atoms with van der Waals surface area (Å²) in [5, 5.41) is 2.39. The van der Waals surface area contributed by atoms with Gasteiger partial charge in [0.15, 0.2) is 0 Å². The summed E-state index contributed by atoms with van der Waals surface area (Å²) in [6, 6.07) is 3.58. The molecule has 0 unspecified atom stereocenters. The summed E-state index contributed by atoms with van der Waals surface area (Å²) < 4.78 is 57.7. The fourth-order valence-corrected chi connectivity index (χ4v) is 2.46. The largest absolute Gasteiger partial charge is 0.573 e. The number of benzene rings is 1. The van der Waals surface area contributed by atoms with Crippen LogP contribution in [0.5, 0.6) is 11.5 Å². The van der Waals surface area contributed by atoms with Gasteiger partial charge in [0, 0.05) is 37.8 Å². The van der Waals surface area contributed by atoms with Crippen molar-refractivity contribution in [3.63, 3.8) is 0 Å². The van der Waals surface area contributed by atoms with Crippen LogP contribution in [0.15, 0.2) is 18.2 Å². The Morgan fingerprint density at radius 2 is 1.79 bits per heavy atom. The predicted molar refractivity (Wildman–Crippen MR) is 95.7 cm³/mol. The molecule has 1 aliphatic heterocycles. The molecule has 0 aliphatic carbocycles. The molecule has 1 amide bonds. The van der Waals surface area contributed by atoms with Crippen LogP contribution in [0.4, 0.5) is 23.7 Å². The first-order valence-corrected chi connectivity index (χ1v) is 8.84. The summed E-state index contributed by atoms with van der Waals surface area (Å²) in [4.78, 5) is 14.0. The Balaban J connectivity index is 2.04. The van der Waals surface area contributed by atoms with Gasteiger partial charge in [0.2, 0.25) is 0 Å². The molecule has 1 aliphatic rings. The summed E-state index contributed by atoms with van der Waals surface area (Å²) in [6.07, 6.45) is -5.66. The van der Waals surface area contributed by atoms with Gasteiger partial charge >= 0.3 is 12.5 Å². The van der Waals surface area contributed by atoms with Crippen LogP contribution in [0.25, 0.3) is 0 Å². The maximum absolute atomic E-state index is 12.6. The molecule has 10 heteroatoms. The van der Waals surface area contributed by atoms with Crippen molar-refractivity contribution in [3.05, 3.63) is 18.2 Å². The molecule has 1 aromatic carbocycles. The normalized spacial score (nSPS) is 15.8. The number of hydrogen-bond donors (Lipinski definition) is 1. The summed E-state index contributed by atoms with van der Waals surface area (Å²) in [5.74, 6) is -0.358.